The highest BCUT2D eigenvalue weighted by atomic mass is 127. The number of benzene rings is 1. The number of rotatable bonds is 1. The van der Waals surface area contributed by atoms with E-state index in [-0.39, 0.29) is 0 Å². The fraction of sp³-hybridized carbons (Fsp3) is 0.125. The fourth-order valence-electron chi connectivity index (χ4n) is 1.23. The molecule has 0 amide bonds. The van der Waals surface area contributed by atoms with Crippen molar-refractivity contribution in [3.05, 3.63) is 28.4 Å². The number of aromatic nitrogens is 2. The summed E-state index contributed by atoms with van der Waals surface area (Å²) in [5, 5.41) is 5.51. The molecule has 1 atom stereocenters. The third-order valence-corrected chi connectivity index (χ3v) is 4.67. The Balaban J connectivity index is 2.77. The van der Waals surface area contributed by atoms with Crippen molar-refractivity contribution in [2.75, 3.05) is 0 Å². The summed E-state index contributed by atoms with van der Waals surface area (Å²) in [6.07, 6.45) is 2.57. The zero-order valence-corrected chi connectivity index (χ0v) is 11.6. The van der Waals surface area contributed by atoms with Gasteiger partial charge in [-0.25, -0.2) is 4.45 Å². The number of hydrogen-bond donors (Lipinski definition) is 0. The van der Waals surface area contributed by atoms with E-state index in [0.29, 0.717) is 6.37 Å². The molecule has 0 N–H and O–H groups in total. The molecule has 2 rings (SSSR count). The van der Waals surface area contributed by atoms with Crippen LogP contribution in [0.5, 0.6) is 0 Å². The SMILES string of the molecule is Cc1cc2cnn(PI)c2cc1Br. The maximum atomic E-state index is 4.30. The van der Waals surface area contributed by atoms with Gasteiger partial charge in [-0.3, -0.25) is 0 Å². The normalized spacial score (nSPS) is 11.9. The van der Waals surface area contributed by atoms with Crippen LogP contribution in [0.2, 0.25) is 0 Å². The van der Waals surface area contributed by atoms with E-state index in [2.05, 4.69) is 62.1 Å². The Kier molecular flexibility index (Phi) is 2.91. The first-order chi connectivity index (χ1) is 6.22. The van der Waals surface area contributed by atoms with E-state index in [4.69, 9.17) is 0 Å². The minimum Gasteiger partial charge on any atom is -0.237 e. The summed E-state index contributed by atoms with van der Waals surface area (Å²) in [4.78, 5) is 0. The van der Waals surface area contributed by atoms with Crippen molar-refractivity contribution < 1.29 is 0 Å². The van der Waals surface area contributed by atoms with Crippen LogP contribution in [0, 0.1) is 6.92 Å². The minimum absolute atomic E-state index is 0.656. The maximum Gasteiger partial charge on any atom is 0.0740 e. The van der Waals surface area contributed by atoms with Crippen LogP contribution < -0.4 is 0 Å². The number of hydrogen-bond acceptors (Lipinski definition) is 1. The predicted octanol–water partition coefficient (Wildman–Crippen LogP) is 3.90. The predicted molar refractivity (Wildman–Crippen MR) is 69.9 cm³/mol. The monoisotopic (exact) mass is 368 g/mol. The van der Waals surface area contributed by atoms with Crippen LogP contribution in [0.25, 0.3) is 10.9 Å². The van der Waals surface area contributed by atoms with Crippen LogP contribution in [0.15, 0.2) is 22.8 Å². The van der Waals surface area contributed by atoms with Crippen molar-refractivity contribution in [1.82, 2.24) is 9.55 Å². The van der Waals surface area contributed by atoms with Crippen LogP contribution in [0.4, 0.5) is 0 Å². The Morgan fingerprint density at radius 2 is 2.31 bits per heavy atom. The van der Waals surface area contributed by atoms with E-state index in [1.54, 1.807) is 0 Å². The van der Waals surface area contributed by atoms with Crippen LogP contribution in [-0.2, 0) is 0 Å². The zero-order valence-electron chi connectivity index (χ0n) is 6.88. The molecule has 0 aliphatic heterocycles. The van der Waals surface area contributed by atoms with Gasteiger partial charge in [-0.05, 0) is 46.7 Å². The lowest BCUT2D eigenvalue weighted by molar-refractivity contribution is 1.04. The first-order valence-electron chi connectivity index (χ1n) is 3.73. The number of aryl methyl sites for hydroxylation is 1. The summed E-state index contributed by atoms with van der Waals surface area (Å²) in [6, 6.07) is 4.28. The second-order valence-electron chi connectivity index (χ2n) is 2.80. The van der Waals surface area contributed by atoms with Gasteiger partial charge in [0.25, 0.3) is 0 Å². The molecule has 1 aromatic heterocycles. The second kappa shape index (κ2) is 3.83. The molecule has 1 unspecified atom stereocenters. The Morgan fingerprint density at radius 3 is 3.00 bits per heavy atom. The Labute approximate surface area is 99.5 Å². The van der Waals surface area contributed by atoms with Crippen molar-refractivity contribution >= 4 is 55.2 Å². The first-order valence-corrected chi connectivity index (χ1v) is 8.58. The van der Waals surface area contributed by atoms with E-state index < -0.39 is 0 Å². The van der Waals surface area contributed by atoms with Gasteiger partial charge in [0.2, 0.25) is 0 Å². The molecule has 68 valence electrons. The number of nitrogens with zero attached hydrogens (tertiary/aromatic N) is 2. The van der Waals surface area contributed by atoms with Crippen molar-refractivity contribution in [3.8, 4) is 0 Å². The summed E-state index contributed by atoms with van der Waals surface area (Å²) in [7, 11) is 0. The molecule has 1 aromatic carbocycles. The maximum absolute atomic E-state index is 4.30. The molecule has 0 saturated heterocycles. The quantitative estimate of drug-likeness (QED) is 0.551. The highest BCUT2D eigenvalue weighted by Gasteiger charge is 2.03. The highest BCUT2D eigenvalue weighted by molar-refractivity contribution is 14.2. The van der Waals surface area contributed by atoms with Gasteiger partial charge in [-0.2, -0.15) is 5.10 Å². The Bertz CT molecular complexity index is 455. The molecule has 5 heteroatoms. The lowest BCUT2D eigenvalue weighted by Gasteiger charge is -2.00. The Morgan fingerprint density at radius 1 is 1.54 bits per heavy atom. The topological polar surface area (TPSA) is 17.8 Å². The van der Waals surface area contributed by atoms with Gasteiger partial charge < -0.3 is 0 Å². The molecule has 13 heavy (non-hydrogen) atoms. The summed E-state index contributed by atoms with van der Waals surface area (Å²) in [6.45, 7) is 2.09. The fourth-order valence-corrected chi connectivity index (χ4v) is 3.10. The van der Waals surface area contributed by atoms with E-state index in [1.165, 1.54) is 16.5 Å². The van der Waals surface area contributed by atoms with E-state index in [9.17, 15) is 0 Å². The average Bonchev–Trinajstić information content (AvgIpc) is 2.48. The van der Waals surface area contributed by atoms with E-state index >= 15 is 0 Å². The molecule has 0 aliphatic rings. The van der Waals surface area contributed by atoms with Crippen LogP contribution >= 0.6 is 44.3 Å². The molecule has 0 saturated carbocycles. The Hall–Kier alpha value is 0.330. The molecular formula is C8H7BrIN2P. The van der Waals surface area contributed by atoms with Gasteiger partial charge >= 0.3 is 0 Å². The molecular weight excluding hydrogens is 362 g/mol. The lowest BCUT2D eigenvalue weighted by atomic mass is 10.2. The third kappa shape index (κ3) is 1.76. The largest absolute Gasteiger partial charge is 0.237 e. The van der Waals surface area contributed by atoms with Gasteiger partial charge in [-0.1, -0.05) is 15.9 Å². The second-order valence-corrected chi connectivity index (χ2v) is 5.70. The van der Waals surface area contributed by atoms with Gasteiger partial charge in [0.05, 0.1) is 18.1 Å². The van der Waals surface area contributed by atoms with Crippen LogP contribution in [0.3, 0.4) is 0 Å². The van der Waals surface area contributed by atoms with Crippen molar-refractivity contribution in [2.45, 2.75) is 6.92 Å². The lowest BCUT2D eigenvalue weighted by Crippen LogP contribution is -1.82. The standard InChI is InChI=1S/C8H7BrIN2P/c1-5-2-6-4-11-12(13-10)8(6)3-7(5)9/h2-4,13H,1H3. The molecule has 1 heterocycles. The van der Waals surface area contributed by atoms with Gasteiger partial charge in [0.15, 0.2) is 0 Å². The first kappa shape index (κ1) is 9.87. The molecule has 2 nitrogen and oxygen atoms in total. The highest BCUT2D eigenvalue weighted by Crippen LogP contribution is 2.31. The molecule has 0 spiro atoms. The number of halogens is 2. The average molecular weight is 369 g/mol. The van der Waals surface area contributed by atoms with E-state index in [1.807, 2.05) is 10.6 Å². The van der Waals surface area contributed by atoms with Crippen LogP contribution in [-0.4, -0.2) is 9.55 Å². The zero-order chi connectivity index (χ0) is 9.42. The number of fused-ring (bicyclic) bond motifs is 1. The molecule has 2 aromatic rings. The van der Waals surface area contributed by atoms with Crippen molar-refractivity contribution in [2.24, 2.45) is 0 Å². The summed E-state index contributed by atoms with van der Waals surface area (Å²) in [5.41, 5.74) is 2.45. The van der Waals surface area contributed by atoms with Crippen molar-refractivity contribution in [1.29, 1.82) is 0 Å². The third-order valence-electron chi connectivity index (χ3n) is 1.93. The van der Waals surface area contributed by atoms with Gasteiger partial charge in [0, 0.05) is 9.86 Å². The molecule has 0 bridgehead atoms. The smallest absolute Gasteiger partial charge is 0.0740 e. The van der Waals surface area contributed by atoms with Gasteiger partial charge in [-0.15, -0.1) is 0 Å². The van der Waals surface area contributed by atoms with E-state index in [0.717, 1.165) is 4.47 Å². The summed E-state index contributed by atoms with van der Waals surface area (Å²) in [5.74, 6) is 0. The summed E-state index contributed by atoms with van der Waals surface area (Å²) < 4.78 is 3.16. The molecule has 0 radical (unpaired) electrons. The minimum atomic E-state index is 0.656. The molecule has 0 aliphatic carbocycles. The molecule has 0 fully saturated rings. The summed E-state index contributed by atoms with van der Waals surface area (Å²) >= 11 is 5.86. The van der Waals surface area contributed by atoms with Gasteiger partial charge in [0.1, 0.15) is 0 Å². The van der Waals surface area contributed by atoms with Crippen LogP contribution in [0.1, 0.15) is 5.56 Å². The van der Waals surface area contributed by atoms with Crippen molar-refractivity contribution in [3.63, 3.8) is 0 Å².